The zero-order valence-corrected chi connectivity index (χ0v) is 21.6. The summed E-state index contributed by atoms with van der Waals surface area (Å²) in [5.74, 6) is -0.384. The highest BCUT2D eigenvalue weighted by atomic mass is 28.4. The zero-order chi connectivity index (χ0) is 25.5. The number of aliphatic carboxylic acids is 1. The molecule has 0 heterocycles. The van der Waals surface area contributed by atoms with Crippen molar-refractivity contribution in [3.05, 3.63) is 48.0 Å². The summed E-state index contributed by atoms with van der Waals surface area (Å²) in [6.07, 6.45) is 2.77. The summed E-state index contributed by atoms with van der Waals surface area (Å²) in [6, 6.07) is 11.7. The molecule has 10 heteroatoms. The van der Waals surface area contributed by atoms with Gasteiger partial charge in [-0.3, -0.25) is 0 Å². The van der Waals surface area contributed by atoms with Crippen molar-refractivity contribution in [2.24, 2.45) is 0 Å². The maximum Gasteiger partial charge on any atom is 0.500 e. The van der Waals surface area contributed by atoms with Gasteiger partial charge in [-0.1, -0.05) is 30.3 Å². The van der Waals surface area contributed by atoms with Crippen LogP contribution in [0.5, 0.6) is 5.75 Å². The van der Waals surface area contributed by atoms with E-state index in [9.17, 15) is 9.59 Å². The minimum Gasteiger partial charge on any atom is -0.489 e. The van der Waals surface area contributed by atoms with Crippen LogP contribution in [0, 0.1) is 0 Å². The number of amides is 1. The first kappa shape index (κ1) is 28.3. The molecule has 0 saturated heterocycles. The fraction of sp³-hybridized carbons (Fsp3) is 0.440. The van der Waals surface area contributed by atoms with Gasteiger partial charge in [-0.25, -0.2) is 9.59 Å². The van der Waals surface area contributed by atoms with E-state index in [-0.39, 0.29) is 13.2 Å². The second-order valence-electron chi connectivity index (χ2n) is 7.37. The van der Waals surface area contributed by atoms with Gasteiger partial charge in [-0.15, -0.1) is 0 Å². The summed E-state index contributed by atoms with van der Waals surface area (Å²) >= 11 is 0. The molecule has 1 amide bonds. The number of rotatable bonds is 16. The van der Waals surface area contributed by atoms with E-state index in [4.69, 9.17) is 27.9 Å². The van der Waals surface area contributed by atoms with Crippen LogP contribution in [-0.2, 0) is 22.8 Å². The Balaban J connectivity index is 1.79. The number of carbonyl (C=O) groups is 2. The predicted molar refractivity (Wildman–Crippen MR) is 136 cm³/mol. The molecule has 0 fully saturated rings. The maximum absolute atomic E-state index is 12.0. The Kier molecular flexibility index (Phi) is 12.3. The van der Waals surface area contributed by atoms with Crippen LogP contribution >= 0.6 is 0 Å². The van der Waals surface area contributed by atoms with Gasteiger partial charge < -0.3 is 33.2 Å². The molecule has 2 aromatic rings. The molecule has 2 aromatic carbocycles. The normalized spacial score (nSPS) is 11.6. The van der Waals surface area contributed by atoms with Crippen molar-refractivity contribution in [2.45, 2.75) is 33.2 Å². The van der Waals surface area contributed by atoms with Crippen LogP contribution < -0.4 is 10.1 Å². The predicted octanol–water partition coefficient (Wildman–Crippen LogP) is 4.48. The smallest absolute Gasteiger partial charge is 0.489 e. The van der Waals surface area contributed by atoms with Crippen molar-refractivity contribution >= 4 is 37.7 Å². The molecule has 2 N–H and O–H groups in total. The topological polar surface area (TPSA) is 113 Å². The molecule has 0 aliphatic rings. The van der Waals surface area contributed by atoms with Crippen molar-refractivity contribution in [3.63, 3.8) is 0 Å². The maximum atomic E-state index is 12.0. The Morgan fingerprint density at radius 2 is 1.60 bits per heavy atom. The van der Waals surface area contributed by atoms with Crippen LogP contribution in [0.1, 0.15) is 32.8 Å². The van der Waals surface area contributed by atoms with Gasteiger partial charge >= 0.3 is 20.9 Å². The second-order valence-corrected chi connectivity index (χ2v) is 10.1. The van der Waals surface area contributed by atoms with E-state index in [1.807, 2.05) is 45.0 Å². The van der Waals surface area contributed by atoms with Crippen molar-refractivity contribution in [2.75, 3.05) is 39.6 Å². The lowest BCUT2D eigenvalue weighted by Crippen LogP contribution is -2.46. The molecular weight excluding hydrogens is 470 g/mol. The van der Waals surface area contributed by atoms with Crippen molar-refractivity contribution in [3.8, 4) is 5.75 Å². The van der Waals surface area contributed by atoms with Crippen LogP contribution in [0.4, 0.5) is 4.79 Å². The van der Waals surface area contributed by atoms with Crippen molar-refractivity contribution < 1.29 is 37.4 Å². The molecule has 0 saturated carbocycles. The first-order valence-corrected chi connectivity index (χ1v) is 13.8. The Hall–Kier alpha value is -2.92. The number of ether oxygens (including phenoxy) is 2. The molecule has 0 aliphatic heterocycles. The van der Waals surface area contributed by atoms with Crippen molar-refractivity contribution in [1.82, 2.24) is 5.32 Å². The first-order chi connectivity index (χ1) is 16.9. The number of benzene rings is 2. The van der Waals surface area contributed by atoms with Crippen LogP contribution in [0.15, 0.2) is 42.5 Å². The highest BCUT2D eigenvalue weighted by molar-refractivity contribution is 6.60. The largest absolute Gasteiger partial charge is 0.500 e. The number of carboxylic acids is 1. The quantitative estimate of drug-likeness (QED) is 0.195. The van der Waals surface area contributed by atoms with Crippen molar-refractivity contribution in [1.29, 1.82) is 0 Å². The number of hydrogen-bond acceptors (Lipinski definition) is 7. The molecule has 0 aromatic heterocycles. The number of fused-ring (bicyclic) bond motifs is 1. The molecular formula is C25H35NO8Si. The Morgan fingerprint density at radius 1 is 0.943 bits per heavy atom. The van der Waals surface area contributed by atoms with Gasteiger partial charge in [0.05, 0.1) is 0 Å². The van der Waals surface area contributed by atoms with E-state index < -0.39 is 20.9 Å². The molecule has 192 valence electrons. The standard InChI is InChI=1S/C25H35NO8Si/c1-4-32-35(33-5-2,34-6-3)19-9-16-26-25(29)31-18-17-30-23-14-12-20(13-15-24(27)28)21-10-7-8-11-22(21)23/h7-8,10-15H,4-6,9,16-19H2,1-3H3,(H,26,29)(H,27,28)/b15-13+. The highest BCUT2D eigenvalue weighted by Gasteiger charge is 2.39. The van der Waals surface area contributed by atoms with E-state index >= 15 is 0 Å². The van der Waals surface area contributed by atoms with Gasteiger partial charge in [0.2, 0.25) is 0 Å². The fourth-order valence-electron chi connectivity index (χ4n) is 3.56. The Bertz CT molecular complexity index is 964. The summed E-state index contributed by atoms with van der Waals surface area (Å²) < 4.78 is 28.4. The monoisotopic (exact) mass is 505 g/mol. The number of carbonyl (C=O) groups excluding carboxylic acids is 1. The third kappa shape index (κ3) is 9.33. The fourth-order valence-corrected chi connectivity index (χ4v) is 6.17. The third-order valence-corrected chi connectivity index (χ3v) is 8.07. The van der Waals surface area contributed by atoms with Gasteiger partial charge in [0.15, 0.2) is 0 Å². The van der Waals surface area contributed by atoms with Gasteiger partial charge in [-0.05, 0) is 50.3 Å². The average molecular weight is 506 g/mol. The Labute approximate surface area is 207 Å². The van der Waals surface area contributed by atoms with E-state index in [1.54, 1.807) is 18.2 Å². The summed E-state index contributed by atoms with van der Waals surface area (Å²) in [5, 5.41) is 13.3. The van der Waals surface area contributed by atoms with Gasteiger partial charge in [0.1, 0.15) is 19.0 Å². The molecule has 35 heavy (non-hydrogen) atoms. The summed E-state index contributed by atoms with van der Waals surface area (Å²) in [5.41, 5.74) is 0.774. The van der Waals surface area contributed by atoms with Gasteiger partial charge in [0.25, 0.3) is 0 Å². The minimum atomic E-state index is -2.72. The molecule has 0 bridgehead atoms. The summed E-state index contributed by atoms with van der Waals surface area (Å²) in [4.78, 5) is 22.9. The lowest BCUT2D eigenvalue weighted by atomic mass is 10.0. The highest BCUT2D eigenvalue weighted by Crippen LogP contribution is 2.29. The van der Waals surface area contributed by atoms with Crippen LogP contribution in [0.3, 0.4) is 0 Å². The SMILES string of the molecule is CCO[Si](CCCNC(=O)OCCOc1ccc(/C=C/C(=O)O)c2ccccc12)(OCC)OCC. The molecule has 9 nitrogen and oxygen atoms in total. The first-order valence-electron chi connectivity index (χ1n) is 11.8. The van der Waals surface area contributed by atoms with Gasteiger partial charge in [0, 0.05) is 43.9 Å². The lowest BCUT2D eigenvalue weighted by molar-refractivity contribution is -0.131. The average Bonchev–Trinajstić information content (AvgIpc) is 2.84. The molecule has 0 aliphatic carbocycles. The molecule has 0 spiro atoms. The van der Waals surface area contributed by atoms with Gasteiger partial charge in [-0.2, -0.15) is 0 Å². The van der Waals surface area contributed by atoms with E-state index in [0.29, 0.717) is 44.6 Å². The molecule has 0 atom stereocenters. The number of alkyl carbamates (subject to hydrolysis) is 1. The molecule has 2 rings (SSSR count). The Morgan fingerprint density at radius 3 is 2.23 bits per heavy atom. The molecule has 0 radical (unpaired) electrons. The second kappa shape index (κ2) is 15.2. The third-order valence-electron chi connectivity index (χ3n) is 4.92. The minimum absolute atomic E-state index is 0.0797. The van der Waals surface area contributed by atoms with E-state index in [1.165, 1.54) is 0 Å². The van der Waals surface area contributed by atoms with E-state index in [2.05, 4.69) is 5.32 Å². The zero-order valence-electron chi connectivity index (χ0n) is 20.6. The number of nitrogens with one attached hydrogen (secondary N) is 1. The number of carboxylic acid groups (broad SMARTS) is 1. The van der Waals surface area contributed by atoms with Crippen LogP contribution in [0.25, 0.3) is 16.8 Å². The number of hydrogen-bond donors (Lipinski definition) is 2. The summed E-state index contributed by atoms with van der Waals surface area (Å²) in [6.45, 7) is 7.93. The van der Waals surface area contributed by atoms with Crippen LogP contribution in [-0.4, -0.2) is 65.6 Å². The van der Waals surface area contributed by atoms with Crippen LogP contribution in [0.2, 0.25) is 6.04 Å². The van der Waals surface area contributed by atoms with E-state index in [0.717, 1.165) is 22.4 Å². The lowest BCUT2D eigenvalue weighted by Gasteiger charge is -2.28. The molecule has 0 unspecified atom stereocenters. The summed E-state index contributed by atoms with van der Waals surface area (Å²) in [7, 11) is -2.72.